The highest BCUT2D eigenvalue weighted by Crippen LogP contribution is 2.29. The van der Waals surface area contributed by atoms with Crippen LogP contribution in [0.1, 0.15) is 24.8 Å². The van der Waals surface area contributed by atoms with Crippen LogP contribution in [-0.4, -0.2) is 43.7 Å². The van der Waals surface area contributed by atoms with Crippen molar-refractivity contribution in [3.63, 3.8) is 0 Å². The molecule has 1 aliphatic heterocycles. The van der Waals surface area contributed by atoms with Crippen LogP contribution in [0, 0.1) is 5.92 Å². The molecule has 1 aliphatic carbocycles. The van der Waals surface area contributed by atoms with Crippen molar-refractivity contribution in [1.29, 1.82) is 0 Å². The summed E-state index contributed by atoms with van der Waals surface area (Å²) in [7, 11) is 1.68. The Morgan fingerprint density at radius 1 is 1.43 bits per heavy atom. The van der Waals surface area contributed by atoms with Crippen LogP contribution in [-0.2, 0) is 16.0 Å². The first kappa shape index (κ1) is 14.4. The van der Waals surface area contributed by atoms with E-state index < -0.39 is 0 Å². The number of methoxy groups -OCH3 is 1. The van der Waals surface area contributed by atoms with Gasteiger partial charge >= 0.3 is 0 Å². The zero-order valence-corrected chi connectivity index (χ0v) is 12.6. The van der Waals surface area contributed by atoms with E-state index in [1.165, 1.54) is 12.0 Å². The summed E-state index contributed by atoms with van der Waals surface area (Å²) in [6.07, 6.45) is 4.25. The average molecular weight is 289 g/mol. The van der Waals surface area contributed by atoms with Gasteiger partial charge < -0.3 is 14.4 Å². The normalized spacial score (nSPS) is 22.7. The molecule has 1 saturated carbocycles. The number of benzene rings is 1. The standard InChI is InChI=1S/C17H23NO3/c1-20-15-7-2-4-13(10-15)11-16-12-18(8-9-21-16)17(19)14-5-3-6-14/h2,4,7,10,14,16H,3,5-6,8-9,11-12H2,1H3/t16-/m1/s1. The van der Waals surface area contributed by atoms with Gasteiger partial charge in [-0.05, 0) is 30.5 Å². The lowest BCUT2D eigenvalue weighted by Gasteiger charge is -2.37. The molecule has 3 rings (SSSR count). The van der Waals surface area contributed by atoms with Gasteiger partial charge in [0.05, 0.1) is 19.8 Å². The van der Waals surface area contributed by atoms with Crippen molar-refractivity contribution in [1.82, 2.24) is 4.90 Å². The van der Waals surface area contributed by atoms with Crippen LogP contribution >= 0.6 is 0 Å². The van der Waals surface area contributed by atoms with Crippen LogP contribution in [0.5, 0.6) is 5.75 Å². The van der Waals surface area contributed by atoms with E-state index in [0.29, 0.717) is 19.1 Å². The topological polar surface area (TPSA) is 38.8 Å². The fraction of sp³-hybridized carbons (Fsp3) is 0.588. The van der Waals surface area contributed by atoms with Crippen LogP contribution in [0.15, 0.2) is 24.3 Å². The maximum absolute atomic E-state index is 12.3. The molecular weight excluding hydrogens is 266 g/mol. The van der Waals surface area contributed by atoms with Gasteiger partial charge in [-0.15, -0.1) is 0 Å². The van der Waals surface area contributed by atoms with Crippen LogP contribution in [0.3, 0.4) is 0 Å². The van der Waals surface area contributed by atoms with Crippen molar-refractivity contribution in [2.75, 3.05) is 26.8 Å². The predicted molar refractivity (Wildman–Crippen MR) is 80.4 cm³/mol. The first-order chi connectivity index (χ1) is 10.3. The number of hydrogen-bond donors (Lipinski definition) is 0. The van der Waals surface area contributed by atoms with Crippen LogP contribution in [0.4, 0.5) is 0 Å². The van der Waals surface area contributed by atoms with Crippen molar-refractivity contribution < 1.29 is 14.3 Å². The number of rotatable bonds is 4. The maximum Gasteiger partial charge on any atom is 0.225 e. The van der Waals surface area contributed by atoms with E-state index in [9.17, 15) is 4.79 Å². The van der Waals surface area contributed by atoms with Crippen LogP contribution in [0.25, 0.3) is 0 Å². The number of hydrogen-bond acceptors (Lipinski definition) is 3. The molecular formula is C17H23NO3. The fourth-order valence-electron chi connectivity index (χ4n) is 3.02. The van der Waals surface area contributed by atoms with Gasteiger partial charge in [0, 0.05) is 25.4 Å². The second kappa shape index (κ2) is 6.48. The molecule has 2 aliphatic rings. The van der Waals surface area contributed by atoms with Gasteiger partial charge in [0.1, 0.15) is 5.75 Å². The first-order valence-corrected chi connectivity index (χ1v) is 7.79. The summed E-state index contributed by atoms with van der Waals surface area (Å²) in [5, 5.41) is 0. The predicted octanol–water partition coefficient (Wildman–Crippen LogP) is 2.27. The number of carbonyl (C=O) groups excluding carboxylic acids is 1. The van der Waals surface area contributed by atoms with Gasteiger partial charge in [-0.2, -0.15) is 0 Å². The van der Waals surface area contributed by atoms with E-state index in [4.69, 9.17) is 9.47 Å². The minimum atomic E-state index is 0.0925. The molecule has 2 fully saturated rings. The summed E-state index contributed by atoms with van der Waals surface area (Å²) < 4.78 is 11.1. The van der Waals surface area contributed by atoms with Crippen LogP contribution < -0.4 is 4.74 Å². The number of morpholine rings is 1. The third-order valence-corrected chi connectivity index (χ3v) is 4.50. The van der Waals surface area contributed by atoms with E-state index in [1.54, 1.807) is 7.11 Å². The summed E-state index contributed by atoms with van der Waals surface area (Å²) in [5.74, 6) is 1.48. The summed E-state index contributed by atoms with van der Waals surface area (Å²) >= 11 is 0. The Kier molecular flexibility index (Phi) is 4.44. The quantitative estimate of drug-likeness (QED) is 0.853. The Morgan fingerprint density at radius 2 is 2.29 bits per heavy atom. The monoisotopic (exact) mass is 289 g/mol. The zero-order chi connectivity index (χ0) is 14.7. The van der Waals surface area contributed by atoms with Gasteiger partial charge in [-0.3, -0.25) is 4.79 Å². The molecule has 1 amide bonds. The second-order valence-corrected chi connectivity index (χ2v) is 5.96. The molecule has 0 bridgehead atoms. The third-order valence-electron chi connectivity index (χ3n) is 4.50. The summed E-state index contributed by atoms with van der Waals surface area (Å²) in [5.41, 5.74) is 1.19. The first-order valence-electron chi connectivity index (χ1n) is 7.79. The van der Waals surface area contributed by atoms with Crippen molar-refractivity contribution in [2.24, 2.45) is 5.92 Å². The Morgan fingerprint density at radius 3 is 3.00 bits per heavy atom. The van der Waals surface area contributed by atoms with Gasteiger partial charge in [-0.1, -0.05) is 18.6 Å². The summed E-state index contributed by atoms with van der Waals surface area (Å²) in [6, 6.07) is 8.06. The molecule has 0 N–H and O–H groups in total. The largest absolute Gasteiger partial charge is 0.497 e. The number of carbonyl (C=O) groups is 1. The highest BCUT2D eigenvalue weighted by Gasteiger charge is 2.32. The van der Waals surface area contributed by atoms with Gasteiger partial charge in [-0.25, -0.2) is 0 Å². The van der Waals surface area contributed by atoms with Crippen molar-refractivity contribution >= 4 is 5.91 Å². The maximum atomic E-state index is 12.3. The lowest BCUT2D eigenvalue weighted by molar-refractivity contribution is -0.145. The van der Waals surface area contributed by atoms with E-state index in [-0.39, 0.29) is 12.0 Å². The molecule has 0 unspecified atom stereocenters. The summed E-state index contributed by atoms with van der Waals surface area (Å²) in [6.45, 7) is 2.10. The minimum Gasteiger partial charge on any atom is -0.497 e. The minimum absolute atomic E-state index is 0.0925. The van der Waals surface area contributed by atoms with Gasteiger partial charge in [0.15, 0.2) is 0 Å². The Labute approximate surface area is 126 Å². The van der Waals surface area contributed by atoms with E-state index in [0.717, 1.165) is 31.6 Å². The molecule has 1 atom stereocenters. The molecule has 4 heteroatoms. The van der Waals surface area contributed by atoms with Gasteiger partial charge in [0.2, 0.25) is 5.91 Å². The van der Waals surface area contributed by atoms with Crippen LogP contribution in [0.2, 0.25) is 0 Å². The molecule has 1 aromatic rings. The molecule has 1 saturated heterocycles. The lowest BCUT2D eigenvalue weighted by Crippen LogP contribution is -2.49. The Balaban J connectivity index is 1.59. The highest BCUT2D eigenvalue weighted by molar-refractivity contribution is 5.79. The number of nitrogens with zero attached hydrogens (tertiary/aromatic N) is 1. The SMILES string of the molecule is COc1cccc(C[C@@H]2CN(C(=O)C3CCC3)CCO2)c1. The van der Waals surface area contributed by atoms with E-state index in [2.05, 4.69) is 6.07 Å². The summed E-state index contributed by atoms with van der Waals surface area (Å²) in [4.78, 5) is 14.3. The molecule has 1 aromatic carbocycles. The van der Waals surface area contributed by atoms with Crippen molar-refractivity contribution in [3.8, 4) is 5.75 Å². The number of ether oxygens (including phenoxy) is 2. The molecule has 0 spiro atoms. The van der Waals surface area contributed by atoms with E-state index >= 15 is 0 Å². The van der Waals surface area contributed by atoms with Crippen molar-refractivity contribution in [2.45, 2.75) is 31.8 Å². The molecule has 114 valence electrons. The molecule has 1 heterocycles. The third kappa shape index (κ3) is 3.38. The molecule has 21 heavy (non-hydrogen) atoms. The molecule has 0 radical (unpaired) electrons. The van der Waals surface area contributed by atoms with Crippen molar-refractivity contribution in [3.05, 3.63) is 29.8 Å². The smallest absolute Gasteiger partial charge is 0.225 e. The lowest BCUT2D eigenvalue weighted by atomic mass is 9.84. The average Bonchev–Trinajstić information content (AvgIpc) is 2.46. The Bertz CT molecular complexity index is 499. The fourth-order valence-corrected chi connectivity index (χ4v) is 3.02. The van der Waals surface area contributed by atoms with Gasteiger partial charge in [0.25, 0.3) is 0 Å². The Hall–Kier alpha value is -1.55. The molecule has 0 aromatic heterocycles. The zero-order valence-electron chi connectivity index (χ0n) is 12.6. The molecule has 4 nitrogen and oxygen atoms in total. The number of amides is 1. The second-order valence-electron chi connectivity index (χ2n) is 5.96. The van der Waals surface area contributed by atoms with E-state index in [1.807, 2.05) is 23.1 Å². The highest BCUT2D eigenvalue weighted by atomic mass is 16.5.